The van der Waals surface area contributed by atoms with E-state index < -0.39 is 17.5 Å². The minimum Gasteiger partial charge on any atom is -0.441 e. The molecule has 0 spiro atoms. The standard InChI is InChI=1S/C21H23F2N5O2/c1-21(13-26-27-24)14-28(20(29)30-21)17-7-8-18(19(23)11-17)16-5-3-15(4-6-16)12-25-10-2-9-22/h3-8,11,25H,2,9-10,12-14H2,1H3. The van der Waals surface area contributed by atoms with Crippen molar-refractivity contribution in [2.24, 2.45) is 5.11 Å². The zero-order valence-corrected chi connectivity index (χ0v) is 16.6. The molecular weight excluding hydrogens is 392 g/mol. The number of carbonyl (C=O) groups excluding carboxylic acids is 1. The maximum absolute atomic E-state index is 14.8. The van der Waals surface area contributed by atoms with Crippen LogP contribution >= 0.6 is 0 Å². The van der Waals surface area contributed by atoms with Crippen LogP contribution in [-0.4, -0.2) is 38.0 Å². The quantitative estimate of drug-likeness (QED) is 0.271. The highest BCUT2D eigenvalue weighted by Crippen LogP contribution is 2.32. The van der Waals surface area contributed by atoms with Crippen LogP contribution in [-0.2, 0) is 11.3 Å². The summed E-state index contributed by atoms with van der Waals surface area (Å²) in [6, 6.07) is 12.0. The lowest BCUT2D eigenvalue weighted by atomic mass is 10.0. The van der Waals surface area contributed by atoms with E-state index >= 15 is 0 Å². The first kappa shape index (κ1) is 21.5. The van der Waals surface area contributed by atoms with Gasteiger partial charge in [0.2, 0.25) is 0 Å². The average molecular weight is 415 g/mol. The largest absolute Gasteiger partial charge is 0.441 e. The zero-order chi connectivity index (χ0) is 21.6. The van der Waals surface area contributed by atoms with Gasteiger partial charge < -0.3 is 10.1 Å². The fraction of sp³-hybridized carbons (Fsp3) is 0.381. The van der Waals surface area contributed by atoms with Gasteiger partial charge in [0.25, 0.3) is 0 Å². The molecule has 0 aromatic heterocycles. The zero-order valence-electron chi connectivity index (χ0n) is 16.6. The van der Waals surface area contributed by atoms with E-state index in [1.54, 1.807) is 19.1 Å². The van der Waals surface area contributed by atoms with Crippen molar-refractivity contribution in [3.8, 4) is 11.1 Å². The molecule has 2 aromatic carbocycles. The summed E-state index contributed by atoms with van der Waals surface area (Å²) >= 11 is 0. The summed E-state index contributed by atoms with van der Waals surface area (Å²) in [4.78, 5) is 16.2. The minimum absolute atomic E-state index is 0.00128. The molecule has 1 amide bonds. The Morgan fingerprint density at radius 3 is 2.73 bits per heavy atom. The van der Waals surface area contributed by atoms with E-state index in [-0.39, 0.29) is 19.8 Å². The lowest BCUT2D eigenvalue weighted by molar-refractivity contribution is 0.0790. The van der Waals surface area contributed by atoms with Gasteiger partial charge >= 0.3 is 6.09 Å². The molecule has 30 heavy (non-hydrogen) atoms. The molecule has 7 nitrogen and oxygen atoms in total. The molecule has 2 aromatic rings. The van der Waals surface area contributed by atoms with Crippen molar-refractivity contribution in [3.63, 3.8) is 0 Å². The number of halogens is 2. The van der Waals surface area contributed by atoms with E-state index in [0.717, 1.165) is 5.56 Å². The van der Waals surface area contributed by atoms with Gasteiger partial charge in [-0.1, -0.05) is 29.4 Å². The van der Waals surface area contributed by atoms with Crippen molar-refractivity contribution in [2.75, 3.05) is 31.2 Å². The summed E-state index contributed by atoms with van der Waals surface area (Å²) in [6.45, 7) is 2.71. The van der Waals surface area contributed by atoms with Crippen LogP contribution in [0.3, 0.4) is 0 Å². The Labute approximate surface area is 173 Å². The van der Waals surface area contributed by atoms with Gasteiger partial charge in [-0.3, -0.25) is 9.29 Å². The van der Waals surface area contributed by atoms with Gasteiger partial charge in [0.05, 0.1) is 25.5 Å². The number of benzene rings is 2. The van der Waals surface area contributed by atoms with Crippen molar-refractivity contribution in [1.82, 2.24) is 5.32 Å². The van der Waals surface area contributed by atoms with E-state index in [0.29, 0.717) is 36.3 Å². The van der Waals surface area contributed by atoms with Crippen LogP contribution in [0.5, 0.6) is 0 Å². The maximum Gasteiger partial charge on any atom is 0.415 e. The molecule has 3 rings (SSSR count). The van der Waals surface area contributed by atoms with Crippen LogP contribution in [0, 0.1) is 5.82 Å². The second-order valence-electron chi connectivity index (χ2n) is 7.37. The van der Waals surface area contributed by atoms with Crippen LogP contribution in [0.2, 0.25) is 0 Å². The Morgan fingerprint density at radius 2 is 2.07 bits per heavy atom. The molecule has 1 fully saturated rings. The lowest BCUT2D eigenvalue weighted by Crippen LogP contribution is -2.34. The molecular formula is C21H23F2N5O2. The average Bonchev–Trinajstić information content (AvgIpc) is 3.05. The SMILES string of the molecule is CC1(CN=[N+]=[N-])CN(c2ccc(-c3ccc(CNCCCF)cc3)c(F)c2)C(=O)O1. The molecule has 1 aliphatic heterocycles. The predicted octanol–water partition coefficient (Wildman–Crippen LogP) is 4.97. The fourth-order valence-corrected chi connectivity index (χ4v) is 3.29. The number of nitrogens with one attached hydrogen (secondary N) is 1. The number of azide groups is 1. The summed E-state index contributed by atoms with van der Waals surface area (Å²) in [6.07, 6.45) is -0.132. The molecule has 0 radical (unpaired) electrons. The highest BCUT2D eigenvalue weighted by Gasteiger charge is 2.41. The van der Waals surface area contributed by atoms with Gasteiger partial charge in [-0.05, 0) is 54.7 Å². The van der Waals surface area contributed by atoms with Gasteiger partial charge in [-0.15, -0.1) is 0 Å². The number of hydrogen-bond donors (Lipinski definition) is 1. The van der Waals surface area contributed by atoms with E-state index in [1.165, 1.54) is 11.0 Å². The van der Waals surface area contributed by atoms with Gasteiger partial charge in [0.1, 0.15) is 11.4 Å². The number of anilines is 1. The van der Waals surface area contributed by atoms with E-state index in [2.05, 4.69) is 15.3 Å². The molecule has 1 aliphatic rings. The first-order valence-corrected chi connectivity index (χ1v) is 9.63. The highest BCUT2D eigenvalue weighted by molar-refractivity contribution is 5.90. The Hall–Kier alpha value is -3.16. The number of amides is 1. The van der Waals surface area contributed by atoms with Gasteiger partial charge in [0.15, 0.2) is 0 Å². The summed E-state index contributed by atoms with van der Waals surface area (Å²) < 4.78 is 32.2. The van der Waals surface area contributed by atoms with Crippen molar-refractivity contribution >= 4 is 11.8 Å². The number of ether oxygens (including phenoxy) is 1. The summed E-state index contributed by atoms with van der Waals surface area (Å²) in [5.74, 6) is -0.460. The number of alkyl halides is 1. The number of rotatable bonds is 9. The van der Waals surface area contributed by atoms with Crippen LogP contribution in [0.15, 0.2) is 47.6 Å². The molecule has 158 valence electrons. The molecule has 1 saturated heterocycles. The monoisotopic (exact) mass is 415 g/mol. The van der Waals surface area contributed by atoms with Crippen LogP contribution in [0.25, 0.3) is 21.6 Å². The predicted molar refractivity (Wildman–Crippen MR) is 110 cm³/mol. The van der Waals surface area contributed by atoms with Gasteiger partial charge in [-0.25, -0.2) is 9.18 Å². The normalized spacial score (nSPS) is 18.2. The third-order valence-corrected chi connectivity index (χ3v) is 4.86. The molecule has 1 unspecified atom stereocenters. The molecule has 1 heterocycles. The number of carbonyl (C=O) groups is 1. The third-order valence-electron chi connectivity index (χ3n) is 4.86. The minimum atomic E-state index is -0.952. The first-order valence-electron chi connectivity index (χ1n) is 9.63. The van der Waals surface area contributed by atoms with Crippen LogP contribution < -0.4 is 10.2 Å². The second kappa shape index (κ2) is 9.56. The van der Waals surface area contributed by atoms with Gasteiger partial charge in [0, 0.05) is 17.0 Å². The number of cyclic esters (lactones) is 1. The second-order valence-corrected chi connectivity index (χ2v) is 7.37. The first-order chi connectivity index (χ1) is 14.5. The van der Waals surface area contributed by atoms with Crippen molar-refractivity contribution < 1.29 is 18.3 Å². The van der Waals surface area contributed by atoms with E-state index in [1.807, 2.05) is 24.3 Å². The van der Waals surface area contributed by atoms with Crippen molar-refractivity contribution in [1.29, 1.82) is 0 Å². The highest BCUT2D eigenvalue weighted by atomic mass is 19.1. The smallest absolute Gasteiger partial charge is 0.415 e. The van der Waals surface area contributed by atoms with E-state index in [4.69, 9.17) is 10.3 Å². The van der Waals surface area contributed by atoms with Crippen LogP contribution in [0.4, 0.5) is 19.3 Å². The fourth-order valence-electron chi connectivity index (χ4n) is 3.29. The number of nitrogens with zero attached hydrogens (tertiary/aromatic N) is 4. The molecule has 0 aliphatic carbocycles. The van der Waals surface area contributed by atoms with Gasteiger partial charge in [-0.2, -0.15) is 0 Å². The topological polar surface area (TPSA) is 90.3 Å². The lowest BCUT2D eigenvalue weighted by Gasteiger charge is -2.19. The molecule has 9 heteroatoms. The van der Waals surface area contributed by atoms with Crippen molar-refractivity contribution in [2.45, 2.75) is 25.5 Å². The third kappa shape index (κ3) is 5.06. The van der Waals surface area contributed by atoms with Crippen LogP contribution in [0.1, 0.15) is 18.9 Å². The number of hydrogen-bond acceptors (Lipinski definition) is 4. The Balaban J connectivity index is 1.71. The van der Waals surface area contributed by atoms with Crippen molar-refractivity contribution in [3.05, 3.63) is 64.3 Å². The summed E-state index contributed by atoms with van der Waals surface area (Å²) in [7, 11) is 0. The molecule has 0 saturated carbocycles. The van der Waals surface area contributed by atoms with E-state index in [9.17, 15) is 13.6 Å². The molecule has 0 bridgehead atoms. The Kier molecular flexibility index (Phi) is 6.87. The summed E-state index contributed by atoms with van der Waals surface area (Å²) in [5, 5.41) is 6.62. The molecule has 1 atom stereocenters. The summed E-state index contributed by atoms with van der Waals surface area (Å²) in [5.41, 5.74) is 10.1. The maximum atomic E-state index is 14.8. The molecule has 1 N–H and O–H groups in total. The Morgan fingerprint density at radius 1 is 1.30 bits per heavy atom. The Bertz CT molecular complexity index is 947.